The molecule has 0 aliphatic rings. The van der Waals surface area contributed by atoms with Crippen molar-refractivity contribution in [1.82, 2.24) is 0 Å². The Morgan fingerprint density at radius 3 is 2.09 bits per heavy atom. The van der Waals surface area contributed by atoms with Crippen molar-refractivity contribution in [3.8, 4) is 0 Å². The monoisotopic (exact) mass is 203 g/mol. The molecule has 0 amide bonds. The predicted molar refractivity (Wildman–Crippen MR) is 32.1 cm³/mol. The first-order valence-electron chi connectivity index (χ1n) is 1.93. The molecule has 9 nitrogen and oxygen atoms in total. The Morgan fingerprint density at radius 1 is 1.36 bits per heavy atom. The summed E-state index contributed by atoms with van der Waals surface area (Å²) in [6, 6.07) is 0. The quantitative estimate of drug-likeness (QED) is 0.262. The fraction of sp³-hybridized carbons (Fsp3) is 0. The molecule has 1 unspecified atom stereocenters. The van der Waals surface area contributed by atoms with Crippen LogP contribution in [0.5, 0.6) is 0 Å². The molecule has 0 aliphatic heterocycles. The van der Waals surface area contributed by atoms with Crippen molar-refractivity contribution < 1.29 is 28.1 Å². The fourth-order valence-electron chi connectivity index (χ4n) is 0.205. The number of phosphoric acid groups is 1. The van der Waals surface area contributed by atoms with Crippen molar-refractivity contribution in [2.75, 3.05) is 0 Å². The number of azide groups is 1. The van der Waals surface area contributed by atoms with E-state index in [2.05, 4.69) is 9.20 Å². The molecule has 0 bridgehead atoms. The van der Waals surface area contributed by atoms with E-state index in [9.17, 15) is 9.13 Å². The third kappa shape index (κ3) is 6.03. The second kappa shape index (κ2) is 3.34. The second-order valence-corrected chi connectivity index (χ2v) is 4.04. The van der Waals surface area contributed by atoms with E-state index in [0.29, 0.717) is 0 Å². The minimum Gasteiger partial charge on any atom is -0.319 e. The summed E-state index contributed by atoms with van der Waals surface area (Å²) < 4.78 is 23.4. The minimum atomic E-state index is -5.09. The van der Waals surface area contributed by atoms with Crippen LogP contribution in [0, 0.1) is 0 Å². The first kappa shape index (κ1) is 10.6. The molecule has 11 heavy (non-hydrogen) atoms. The predicted octanol–water partition coefficient (Wildman–Crippen LogP) is 0.506. The summed E-state index contributed by atoms with van der Waals surface area (Å²) in [6.07, 6.45) is 0. The van der Waals surface area contributed by atoms with Crippen molar-refractivity contribution in [2.45, 2.75) is 0 Å². The Kier molecular flexibility index (Phi) is 3.22. The van der Waals surface area contributed by atoms with Crippen LogP contribution in [0.4, 0.5) is 0 Å². The maximum atomic E-state index is 10.3. The highest BCUT2D eigenvalue weighted by atomic mass is 31.3. The Morgan fingerprint density at radius 2 is 1.82 bits per heavy atom. The molecule has 3 N–H and O–H groups in total. The smallest absolute Gasteiger partial charge is 0.319 e. The van der Waals surface area contributed by atoms with E-state index in [1.807, 2.05) is 4.91 Å². The van der Waals surface area contributed by atoms with Crippen LogP contribution in [0.3, 0.4) is 0 Å². The van der Waals surface area contributed by atoms with Gasteiger partial charge in [0.15, 0.2) is 0 Å². The highest BCUT2D eigenvalue weighted by Crippen LogP contribution is 2.57. The lowest BCUT2D eigenvalue weighted by Gasteiger charge is -2.05. The number of nitrogens with zero attached hydrogens (tertiary/aromatic N) is 3. The topological polar surface area (TPSA) is 153 Å². The first-order valence-corrected chi connectivity index (χ1v) is 4.99. The molecule has 64 valence electrons. The average Bonchev–Trinajstić information content (AvgIpc) is 1.55. The van der Waals surface area contributed by atoms with Crippen LogP contribution in [-0.2, 0) is 13.4 Å². The Labute approximate surface area is 60.1 Å². The minimum absolute atomic E-state index is 1.84. The van der Waals surface area contributed by atoms with Crippen molar-refractivity contribution in [3.05, 3.63) is 10.4 Å². The van der Waals surface area contributed by atoms with Gasteiger partial charge >= 0.3 is 15.6 Å². The molecule has 0 fully saturated rings. The third-order valence-electron chi connectivity index (χ3n) is 0.366. The van der Waals surface area contributed by atoms with Crippen LogP contribution in [0.25, 0.3) is 10.4 Å². The molecule has 0 heterocycles. The summed E-state index contributed by atoms with van der Waals surface area (Å²) in [5.41, 5.74) is 7.59. The molecule has 0 aromatic rings. The molecular weight excluding hydrogens is 200 g/mol. The molecule has 0 aliphatic carbocycles. The summed E-state index contributed by atoms with van der Waals surface area (Å²) in [7, 11) is -9.96. The first-order chi connectivity index (χ1) is 4.77. The van der Waals surface area contributed by atoms with Gasteiger partial charge < -0.3 is 14.7 Å². The van der Waals surface area contributed by atoms with E-state index >= 15 is 0 Å². The maximum absolute atomic E-state index is 10.3. The molecule has 0 aromatic heterocycles. The SMILES string of the molecule is [N-]=[N+]=NP(=O)(O)OP(=O)(O)O. The second-order valence-electron chi connectivity index (χ2n) is 1.24. The van der Waals surface area contributed by atoms with Gasteiger partial charge in [-0.15, -0.1) is 0 Å². The standard InChI is InChI=1S/H3N3O6P2/c1-2-3-10(4,5)9-11(6,7)8/h(H,4,5)(H2,6,7,8). The van der Waals surface area contributed by atoms with Crippen molar-refractivity contribution in [2.24, 2.45) is 4.88 Å². The highest BCUT2D eigenvalue weighted by molar-refractivity contribution is 7.62. The van der Waals surface area contributed by atoms with Crippen LogP contribution in [-0.4, -0.2) is 14.7 Å². The number of rotatable bonds is 3. The van der Waals surface area contributed by atoms with Gasteiger partial charge in [0.05, 0.1) is 0 Å². The molecule has 0 spiro atoms. The average molecular weight is 203 g/mol. The van der Waals surface area contributed by atoms with E-state index in [1.54, 1.807) is 0 Å². The van der Waals surface area contributed by atoms with E-state index in [-0.39, 0.29) is 0 Å². The van der Waals surface area contributed by atoms with Crippen LogP contribution >= 0.6 is 15.6 Å². The molecule has 0 saturated carbocycles. The molecule has 0 rings (SSSR count). The Hall–Kier alpha value is -0.390. The van der Waals surface area contributed by atoms with Crippen LogP contribution < -0.4 is 0 Å². The van der Waals surface area contributed by atoms with Gasteiger partial charge in [-0.3, -0.25) is 4.57 Å². The zero-order valence-electron chi connectivity index (χ0n) is 4.80. The van der Waals surface area contributed by atoms with Gasteiger partial charge in [-0.2, -0.15) is 0 Å². The molecule has 0 aromatic carbocycles. The van der Waals surface area contributed by atoms with E-state index in [1.165, 1.54) is 0 Å². The van der Waals surface area contributed by atoms with Crippen LogP contribution in [0.15, 0.2) is 4.88 Å². The fourth-order valence-corrected chi connectivity index (χ4v) is 1.55. The van der Waals surface area contributed by atoms with Crippen LogP contribution in [0.1, 0.15) is 0 Å². The number of hydrogen-bond donors (Lipinski definition) is 3. The van der Waals surface area contributed by atoms with Gasteiger partial charge in [0.1, 0.15) is 0 Å². The Balaban J connectivity index is 4.51. The summed E-state index contributed by atoms with van der Waals surface area (Å²) in [5, 5.41) is 0. The molecule has 0 saturated heterocycles. The summed E-state index contributed by atoms with van der Waals surface area (Å²) in [4.78, 5) is 28.1. The van der Waals surface area contributed by atoms with Gasteiger partial charge in [0.25, 0.3) is 0 Å². The van der Waals surface area contributed by atoms with Gasteiger partial charge in [0.2, 0.25) is 0 Å². The van der Waals surface area contributed by atoms with Crippen molar-refractivity contribution in [1.29, 1.82) is 0 Å². The zero-order chi connectivity index (χ0) is 9.12. The Bertz CT molecular complexity index is 270. The van der Waals surface area contributed by atoms with Crippen molar-refractivity contribution >= 4 is 15.6 Å². The van der Waals surface area contributed by atoms with Crippen molar-refractivity contribution in [3.63, 3.8) is 0 Å². The lowest BCUT2D eigenvalue weighted by molar-refractivity contribution is 0.264. The summed E-state index contributed by atoms with van der Waals surface area (Å²) in [5.74, 6) is 0. The van der Waals surface area contributed by atoms with Gasteiger partial charge in [-0.1, -0.05) is 0 Å². The summed E-state index contributed by atoms with van der Waals surface area (Å²) >= 11 is 0. The van der Waals surface area contributed by atoms with Gasteiger partial charge in [-0.05, 0) is 5.53 Å². The van der Waals surface area contributed by atoms with E-state index < -0.39 is 15.6 Å². The number of hydrogen-bond acceptors (Lipinski definition) is 3. The maximum Gasteiger partial charge on any atom is 0.477 e. The normalized spacial score (nSPS) is 16.6. The molecule has 0 radical (unpaired) electrons. The lowest BCUT2D eigenvalue weighted by atomic mass is 13.0. The highest BCUT2D eigenvalue weighted by Gasteiger charge is 2.29. The van der Waals surface area contributed by atoms with Crippen LogP contribution in [0.2, 0.25) is 0 Å². The largest absolute Gasteiger partial charge is 0.477 e. The van der Waals surface area contributed by atoms with Gasteiger partial charge in [0, 0.05) is 9.80 Å². The summed E-state index contributed by atoms with van der Waals surface area (Å²) in [6.45, 7) is 0. The van der Waals surface area contributed by atoms with Gasteiger partial charge in [-0.25, -0.2) is 8.88 Å². The molecular formula is H3N3O6P2. The molecule has 1 atom stereocenters. The zero-order valence-corrected chi connectivity index (χ0v) is 6.59. The molecule has 11 heteroatoms. The van der Waals surface area contributed by atoms with E-state index in [4.69, 9.17) is 20.2 Å². The third-order valence-corrected chi connectivity index (χ3v) is 2.37. The lowest BCUT2D eigenvalue weighted by Crippen LogP contribution is -1.83. The van der Waals surface area contributed by atoms with E-state index in [0.717, 1.165) is 0 Å².